The fourth-order valence-corrected chi connectivity index (χ4v) is 2.98. The Bertz CT molecular complexity index is 581. The Morgan fingerprint density at radius 1 is 1.15 bits per heavy atom. The van der Waals surface area contributed by atoms with E-state index in [2.05, 4.69) is 74.8 Å². The van der Waals surface area contributed by atoms with E-state index < -0.39 is 0 Å². The number of aryl methyl sites for hydroxylation is 2. The molecule has 0 saturated carbocycles. The highest BCUT2D eigenvalue weighted by molar-refractivity contribution is 5.29. The number of rotatable bonds is 5. The van der Waals surface area contributed by atoms with E-state index in [1.165, 1.54) is 28.1 Å². The highest BCUT2D eigenvalue weighted by Crippen LogP contribution is 2.19. The van der Waals surface area contributed by atoms with Gasteiger partial charge in [0.15, 0.2) is 0 Å². The Balaban J connectivity index is 2.08. The van der Waals surface area contributed by atoms with E-state index in [-0.39, 0.29) is 0 Å². The van der Waals surface area contributed by atoms with Crippen molar-refractivity contribution in [2.75, 3.05) is 0 Å². The van der Waals surface area contributed by atoms with Crippen molar-refractivity contribution < 1.29 is 0 Å². The van der Waals surface area contributed by atoms with Crippen molar-refractivity contribution in [3.05, 3.63) is 58.4 Å². The molecule has 1 aromatic heterocycles. The molecule has 0 amide bonds. The molecule has 0 aliphatic heterocycles. The summed E-state index contributed by atoms with van der Waals surface area (Å²) >= 11 is 0. The molecule has 1 atom stereocenters. The molecule has 0 aliphatic rings. The van der Waals surface area contributed by atoms with Crippen LogP contribution in [0.2, 0.25) is 0 Å². The van der Waals surface area contributed by atoms with Crippen LogP contribution in [-0.2, 0) is 13.1 Å². The summed E-state index contributed by atoms with van der Waals surface area (Å²) in [6, 6.07) is 11.3. The first-order valence-corrected chi connectivity index (χ1v) is 7.49. The third-order valence-corrected chi connectivity index (χ3v) is 4.25. The second-order valence-electron chi connectivity index (χ2n) is 5.60. The molecule has 1 aromatic carbocycles. The van der Waals surface area contributed by atoms with E-state index in [1.807, 2.05) is 0 Å². The molecule has 1 N–H and O–H groups in total. The lowest BCUT2D eigenvalue weighted by Gasteiger charge is -2.16. The Morgan fingerprint density at radius 3 is 2.45 bits per heavy atom. The molecule has 0 fully saturated rings. The molecule has 0 bridgehead atoms. The van der Waals surface area contributed by atoms with Gasteiger partial charge in [0.05, 0.1) is 0 Å². The summed E-state index contributed by atoms with van der Waals surface area (Å²) < 4.78 is 2.37. The largest absolute Gasteiger partial charge is 0.349 e. The normalized spacial score (nSPS) is 12.7. The maximum atomic E-state index is 3.65. The second-order valence-corrected chi connectivity index (χ2v) is 5.60. The van der Waals surface area contributed by atoms with Gasteiger partial charge in [0.1, 0.15) is 0 Å². The van der Waals surface area contributed by atoms with Crippen LogP contribution in [0, 0.1) is 20.8 Å². The minimum atomic E-state index is 0.376. The average molecular weight is 270 g/mol. The molecule has 1 heterocycles. The fraction of sp³-hybridized carbons (Fsp3) is 0.444. The lowest BCUT2D eigenvalue weighted by molar-refractivity contribution is 0.569. The highest BCUT2D eigenvalue weighted by Gasteiger charge is 2.11. The monoisotopic (exact) mass is 270 g/mol. The van der Waals surface area contributed by atoms with Crippen molar-refractivity contribution in [3.63, 3.8) is 0 Å². The molecule has 0 aliphatic carbocycles. The van der Waals surface area contributed by atoms with Gasteiger partial charge >= 0.3 is 0 Å². The van der Waals surface area contributed by atoms with Crippen LogP contribution in [0.1, 0.15) is 48.0 Å². The quantitative estimate of drug-likeness (QED) is 0.858. The molecule has 0 unspecified atom stereocenters. The van der Waals surface area contributed by atoms with Gasteiger partial charge in [-0.25, -0.2) is 0 Å². The molecule has 0 saturated heterocycles. The Kier molecular flexibility index (Phi) is 4.66. The van der Waals surface area contributed by atoms with Crippen LogP contribution in [0.4, 0.5) is 0 Å². The summed E-state index contributed by atoms with van der Waals surface area (Å²) in [4.78, 5) is 0. The van der Waals surface area contributed by atoms with Crippen molar-refractivity contribution >= 4 is 0 Å². The van der Waals surface area contributed by atoms with Gasteiger partial charge in [-0.15, -0.1) is 0 Å². The number of hydrogen-bond acceptors (Lipinski definition) is 1. The molecule has 20 heavy (non-hydrogen) atoms. The molecule has 2 rings (SSSR count). The lowest BCUT2D eigenvalue weighted by atomic mass is 10.0. The van der Waals surface area contributed by atoms with Crippen LogP contribution >= 0.6 is 0 Å². The zero-order valence-electron chi connectivity index (χ0n) is 13.3. The number of benzene rings is 1. The zero-order valence-corrected chi connectivity index (χ0v) is 13.3. The first-order chi connectivity index (χ1) is 9.54. The molecule has 2 nitrogen and oxygen atoms in total. The van der Waals surface area contributed by atoms with Gasteiger partial charge in [0, 0.05) is 30.5 Å². The van der Waals surface area contributed by atoms with Gasteiger partial charge in [-0.2, -0.15) is 0 Å². The van der Waals surface area contributed by atoms with Gasteiger partial charge in [-0.1, -0.05) is 24.3 Å². The first kappa shape index (κ1) is 14.9. The summed E-state index contributed by atoms with van der Waals surface area (Å²) in [6.45, 7) is 13.0. The Morgan fingerprint density at radius 2 is 1.85 bits per heavy atom. The van der Waals surface area contributed by atoms with Crippen LogP contribution in [0.3, 0.4) is 0 Å². The maximum absolute atomic E-state index is 3.65. The predicted octanol–water partition coefficient (Wildman–Crippen LogP) is 4.28. The average Bonchev–Trinajstić information content (AvgIpc) is 2.70. The van der Waals surface area contributed by atoms with E-state index in [9.17, 15) is 0 Å². The van der Waals surface area contributed by atoms with E-state index in [0.29, 0.717) is 6.04 Å². The van der Waals surface area contributed by atoms with Crippen molar-refractivity contribution in [2.45, 2.75) is 53.8 Å². The minimum Gasteiger partial charge on any atom is -0.349 e. The Labute approximate surface area is 122 Å². The van der Waals surface area contributed by atoms with Gasteiger partial charge in [0.25, 0.3) is 0 Å². The number of nitrogens with one attached hydrogen (secondary N) is 1. The van der Waals surface area contributed by atoms with Gasteiger partial charge in [-0.3, -0.25) is 0 Å². The van der Waals surface area contributed by atoms with Crippen LogP contribution in [0.25, 0.3) is 0 Å². The van der Waals surface area contributed by atoms with Gasteiger partial charge in [0.2, 0.25) is 0 Å². The third kappa shape index (κ3) is 2.96. The van der Waals surface area contributed by atoms with Crippen LogP contribution in [0.5, 0.6) is 0 Å². The van der Waals surface area contributed by atoms with Crippen molar-refractivity contribution in [1.29, 1.82) is 0 Å². The minimum absolute atomic E-state index is 0.376. The summed E-state index contributed by atoms with van der Waals surface area (Å²) in [5.74, 6) is 0. The molecular formula is C18H26N2. The predicted molar refractivity (Wildman–Crippen MR) is 86.0 cm³/mol. The van der Waals surface area contributed by atoms with Crippen LogP contribution in [0.15, 0.2) is 30.3 Å². The molecule has 2 heteroatoms. The summed E-state index contributed by atoms with van der Waals surface area (Å²) in [5, 5.41) is 3.65. The summed E-state index contributed by atoms with van der Waals surface area (Å²) in [5.41, 5.74) is 6.88. The SMILES string of the molecule is CCn1c(C)cc(CN[C@@H](C)c2ccccc2C)c1C. The molecule has 2 aromatic rings. The van der Waals surface area contributed by atoms with E-state index in [1.54, 1.807) is 0 Å². The Hall–Kier alpha value is -1.54. The van der Waals surface area contributed by atoms with Crippen LogP contribution < -0.4 is 5.32 Å². The van der Waals surface area contributed by atoms with E-state index in [0.717, 1.165) is 13.1 Å². The van der Waals surface area contributed by atoms with E-state index >= 15 is 0 Å². The van der Waals surface area contributed by atoms with Gasteiger partial charge < -0.3 is 9.88 Å². The lowest BCUT2D eigenvalue weighted by Crippen LogP contribution is -2.19. The standard InChI is InChI=1S/C18H26N2/c1-6-20-14(3)11-17(16(20)5)12-19-15(4)18-10-8-7-9-13(18)2/h7-11,15,19H,6,12H2,1-5H3/t15-/m0/s1. The zero-order chi connectivity index (χ0) is 14.7. The van der Waals surface area contributed by atoms with Crippen molar-refractivity contribution in [1.82, 2.24) is 9.88 Å². The number of hydrogen-bond donors (Lipinski definition) is 1. The summed E-state index contributed by atoms with van der Waals surface area (Å²) in [7, 11) is 0. The first-order valence-electron chi connectivity index (χ1n) is 7.49. The summed E-state index contributed by atoms with van der Waals surface area (Å²) in [6.07, 6.45) is 0. The highest BCUT2D eigenvalue weighted by atomic mass is 15.0. The second kappa shape index (κ2) is 6.27. The number of aromatic nitrogens is 1. The molecular weight excluding hydrogens is 244 g/mol. The fourth-order valence-electron chi connectivity index (χ4n) is 2.98. The van der Waals surface area contributed by atoms with Crippen LogP contribution in [-0.4, -0.2) is 4.57 Å². The van der Waals surface area contributed by atoms with Crippen molar-refractivity contribution in [2.24, 2.45) is 0 Å². The molecule has 0 spiro atoms. The maximum Gasteiger partial charge on any atom is 0.0297 e. The van der Waals surface area contributed by atoms with E-state index in [4.69, 9.17) is 0 Å². The topological polar surface area (TPSA) is 17.0 Å². The van der Waals surface area contributed by atoms with Crippen molar-refractivity contribution in [3.8, 4) is 0 Å². The number of nitrogens with zero attached hydrogens (tertiary/aromatic N) is 1. The third-order valence-electron chi connectivity index (χ3n) is 4.25. The smallest absolute Gasteiger partial charge is 0.0297 e. The molecule has 108 valence electrons. The van der Waals surface area contributed by atoms with Gasteiger partial charge in [-0.05, 0) is 57.4 Å². The molecule has 0 radical (unpaired) electrons.